The predicted molar refractivity (Wildman–Crippen MR) is 122 cm³/mol. The first-order valence-corrected chi connectivity index (χ1v) is 11.5. The van der Waals surface area contributed by atoms with Gasteiger partial charge >= 0.3 is 0 Å². The summed E-state index contributed by atoms with van der Waals surface area (Å²) >= 11 is 0. The highest BCUT2D eigenvalue weighted by atomic mass is 14.7. The highest BCUT2D eigenvalue weighted by Crippen LogP contribution is 2.67. The van der Waals surface area contributed by atoms with Crippen molar-refractivity contribution in [1.29, 1.82) is 0 Å². The molecule has 4 fully saturated rings. The molecule has 0 spiro atoms. The highest BCUT2D eigenvalue weighted by molar-refractivity contribution is 5.79. The zero-order valence-corrected chi connectivity index (χ0v) is 17.8. The van der Waals surface area contributed by atoms with Crippen molar-refractivity contribution in [2.24, 2.45) is 32.7 Å². The van der Waals surface area contributed by atoms with Crippen molar-refractivity contribution in [3.05, 3.63) is 60.2 Å². The van der Waals surface area contributed by atoms with Gasteiger partial charge in [0.25, 0.3) is 0 Å². The average molecular weight is 401 g/mol. The Kier molecular flexibility index (Phi) is 5.49. The predicted octanol–water partition coefficient (Wildman–Crippen LogP) is 5.38. The molecule has 0 saturated heterocycles. The summed E-state index contributed by atoms with van der Waals surface area (Å²) < 4.78 is 0. The lowest BCUT2D eigenvalue weighted by molar-refractivity contribution is -0.115. The van der Waals surface area contributed by atoms with E-state index in [-0.39, 0.29) is 0 Å². The Morgan fingerprint density at radius 3 is 1.60 bits per heavy atom. The molecule has 0 aliphatic heterocycles. The highest BCUT2D eigenvalue weighted by Gasteiger charge is 2.56. The van der Waals surface area contributed by atoms with Crippen molar-refractivity contribution >= 4 is 12.4 Å². The SMILES string of the molecule is C(=NCCC12CC3CC(C1)CC(CCN=Cc1ccncc1)(C3)C2)c1ccncc1. The van der Waals surface area contributed by atoms with Crippen LogP contribution in [-0.4, -0.2) is 35.5 Å². The minimum absolute atomic E-state index is 0.536. The van der Waals surface area contributed by atoms with Gasteiger partial charge in [0.05, 0.1) is 0 Å². The Hall–Kier alpha value is -2.36. The molecule has 0 N–H and O–H groups in total. The second-order valence-corrected chi connectivity index (χ2v) is 10.1. The van der Waals surface area contributed by atoms with Gasteiger partial charge in [-0.1, -0.05) is 0 Å². The lowest BCUT2D eigenvalue weighted by Crippen LogP contribution is -2.52. The van der Waals surface area contributed by atoms with Crippen LogP contribution in [0.3, 0.4) is 0 Å². The van der Waals surface area contributed by atoms with Crippen LogP contribution in [0.1, 0.15) is 62.5 Å². The van der Waals surface area contributed by atoms with Gasteiger partial charge in [-0.05, 0) is 109 Å². The number of rotatable bonds is 8. The van der Waals surface area contributed by atoms with E-state index >= 15 is 0 Å². The van der Waals surface area contributed by atoms with Gasteiger partial charge in [-0.2, -0.15) is 0 Å². The second-order valence-electron chi connectivity index (χ2n) is 10.1. The molecule has 2 aromatic heterocycles. The molecule has 2 aromatic rings. The molecule has 2 heterocycles. The number of hydrogen-bond acceptors (Lipinski definition) is 4. The van der Waals surface area contributed by atoms with Gasteiger partial charge in [-0.25, -0.2) is 0 Å². The van der Waals surface area contributed by atoms with Gasteiger partial charge in [0.1, 0.15) is 0 Å². The fourth-order valence-corrected chi connectivity index (χ4v) is 7.08. The zero-order chi connectivity index (χ0) is 20.3. The molecule has 4 nitrogen and oxygen atoms in total. The van der Waals surface area contributed by atoms with Gasteiger partial charge in [-0.15, -0.1) is 0 Å². The summed E-state index contributed by atoms with van der Waals surface area (Å²) in [6, 6.07) is 8.09. The molecule has 6 rings (SSSR count). The van der Waals surface area contributed by atoms with Gasteiger partial charge in [-0.3, -0.25) is 20.0 Å². The Labute approximate surface area is 180 Å². The van der Waals surface area contributed by atoms with Crippen LogP contribution in [0.15, 0.2) is 59.0 Å². The van der Waals surface area contributed by atoms with E-state index in [4.69, 9.17) is 9.98 Å². The molecular formula is C26H32N4. The van der Waals surface area contributed by atoms with E-state index in [1.165, 1.54) is 51.4 Å². The third-order valence-electron chi connectivity index (χ3n) is 7.74. The normalized spacial score (nSPS) is 32.4. The summed E-state index contributed by atoms with van der Waals surface area (Å²) in [6.45, 7) is 1.91. The zero-order valence-electron chi connectivity index (χ0n) is 17.8. The van der Waals surface area contributed by atoms with E-state index in [1.54, 1.807) is 0 Å². The van der Waals surface area contributed by atoms with Crippen molar-refractivity contribution in [2.45, 2.75) is 51.4 Å². The van der Waals surface area contributed by atoms with Crippen LogP contribution in [0.4, 0.5) is 0 Å². The lowest BCUT2D eigenvalue weighted by Gasteiger charge is -2.62. The number of aromatic nitrogens is 2. The minimum atomic E-state index is 0.536. The molecule has 30 heavy (non-hydrogen) atoms. The van der Waals surface area contributed by atoms with Gasteiger partial charge < -0.3 is 0 Å². The van der Waals surface area contributed by atoms with E-state index in [0.29, 0.717) is 10.8 Å². The molecular weight excluding hydrogens is 368 g/mol. The molecule has 4 saturated carbocycles. The molecule has 0 unspecified atom stereocenters. The Balaban J connectivity index is 1.20. The first-order chi connectivity index (χ1) is 14.7. The van der Waals surface area contributed by atoms with Crippen LogP contribution < -0.4 is 0 Å². The van der Waals surface area contributed by atoms with Gasteiger partial charge in [0.15, 0.2) is 0 Å². The molecule has 156 valence electrons. The van der Waals surface area contributed by atoms with E-state index in [1.807, 2.05) is 61.5 Å². The van der Waals surface area contributed by atoms with Crippen LogP contribution in [0.5, 0.6) is 0 Å². The Morgan fingerprint density at radius 2 is 1.17 bits per heavy atom. The van der Waals surface area contributed by atoms with Crippen LogP contribution in [-0.2, 0) is 0 Å². The quantitative estimate of drug-likeness (QED) is 0.559. The summed E-state index contributed by atoms with van der Waals surface area (Å²) in [7, 11) is 0. The fraction of sp³-hybridized carbons (Fsp3) is 0.538. The van der Waals surface area contributed by atoms with Crippen molar-refractivity contribution in [3.8, 4) is 0 Å². The number of hydrogen-bond donors (Lipinski definition) is 0. The maximum Gasteiger partial charge on any atom is 0.0394 e. The molecule has 4 bridgehead atoms. The minimum Gasteiger partial charge on any atom is -0.293 e. The molecule has 0 aromatic carbocycles. The van der Waals surface area contributed by atoms with Gasteiger partial charge in [0, 0.05) is 50.3 Å². The van der Waals surface area contributed by atoms with Crippen molar-refractivity contribution in [2.75, 3.05) is 13.1 Å². The fourth-order valence-electron chi connectivity index (χ4n) is 7.08. The maximum absolute atomic E-state index is 4.77. The molecule has 0 amide bonds. The molecule has 4 aliphatic carbocycles. The Bertz CT molecular complexity index is 804. The molecule has 4 aliphatic rings. The topological polar surface area (TPSA) is 50.5 Å². The smallest absolute Gasteiger partial charge is 0.0394 e. The van der Waals surface area contributed by atoms with Gasteiger partial charge in [0.2, 0.25) is 0 Å². The molecule has 0 atom stereocenters. The number of aliphatic imine (C=N–C) groups is 2. The number of pyridine rings is 2. The van der Waals surface area contributed by atoms with E-state index in [0.717, 1.165) is 36.1 Å². The third kappa shape index (κ3) is 4.38. The standard InChI is InChI=1S/C26H32N4/c1-7-27-8-2-21(1)18-29-11-5-25-14-23-13-24(15-25)17-26(16-23,20-25)6-12-30-19-22-3-9-28-10-4-22/h1-4,7-10,18-19,23-24H,5-6,11-17,20H2. The maximum atomic E-state index is 4.77. The average Bonchev–Trinajstić information content (AvgIpc) is 2.75. The number of nitrogens with zero attached hydrogens (tertiary/aromatic N) is 4. The van der Waals surface area contributed by atoms with Crippen LogP contribution >= 0.6 is 0 Å². The van der Waals surface area contributed by atoms with Crippen molar-refractivity contribution < 1.29 is 0 Å². The third-order valence-corrected chi connectivity index (χ3v) is 7.74. The Morgan fingerprint density at radius 1 is 0.733 bits per heavy atom. The monoisotopic (exact) mass is 400 g/mol. The second kappa shape index (κ2) is 8.41. The van der Waals surface area contributed by atoms with Crippen molar-refractivity contribution in [3.63, 3.8) is 0 Å². The summed E-state index contributed by atoms with van der Waals surface area (Å²) in [5.74, 6) is 1.89. The van der Waals surface area contributed by atoms with E-state index < -0.39 is 0 Å². The van der Waals surface area contributed by atoms with Crippen LogP contribution in [0, 0.1) is 22.7 Å². The van der Waals surface area contributed by atoms with Crippen LogP contribution in [0.25, 0.3) is 0 Å². The summed E-state index contributed by atoms with van der Waals surface area (Å²) in [5, 5.41) is 0. The van der Waals surface area contributed by atoms with E-state index in [2.05, 4.69) is 9.97 Å². The van der Waals surface area contributed by atoms with E-state index in [9.17, 15) is 0 Å². The first kappa shape index (κ1) is 19.6. The molecule has 4 heteroatoms. The molecule has 0 radical (unpaired) electrons. The summed E-state index contributed by atoms with van der Waals surface area (Å²) in [5.41, 5.74) is 3.38. The summed E-state index contributed by atoms with van der Waals surface area (Å²) in [4.78, 5) is 17.7. The lowest BCUT2D eigenvalue weighted by atomic mass is 9.43. The van der Waals surface area contributed by atoms with Crippen molar-refractivity contribution in [1.82, 2.24) is 9.97 Å². The largest absolute Gasteiger partial charge is 0.293 e. The summed E-state index contributed by atoms with van der Waals surface area (Å²) in [6.07, 6.45) is 22.5. The first-order valence-electron chi connectivity index (χ1n) is 11.5. The van der Waals surface area contributed by atoms with Crippen LogP contribution in [0.2, 0.25) is 0 Å².